The van der Waals surface area contributed by atoms with Gasteiger partial charge in [-0.1, -0.05) is 71.7 Å². The molecule has 0 spiro atoms. The van der Waals surface area contributed by atoms with Gasteiger partial charge in [-0.05, 0) is 49.2 Å². The van der Waals surface area contributed by atoms with Gasteiger partial charge < -0.3 is 15.0 Å². The fourth-order valence-electron chi connectivity index (χ4n) is 3.55. The highest BCUT2D eigenvalue weighted by atomic mass is 35.5. The maximum atomic E-state index is 14.0. The summed E-state index contributed by atoms with van der Waals surface area (Å²) in [7, 11) is 0. The Morgan fingerprint density at radius 2 is 1.63 bits per heavy atom. The fraction of sp³-hybridized carbons (Fsp3) is 0.259. The molecule has 3 rings (SSSR count). The molecule has 3 aromatic carbocycles. The zero-order valence-corrected chi connectivity index (χ0v) is 21.0. The minimum atomic E-state index is -0.842. The Bertz CT molecular complexity index is 1160. The molecule has 1 atom stereocenters. The third kappa shape index (κ3) is 7.70. The highest BCUT2D eigenvalue weighted by Gasteiger charge is 2.31. The van der Waals surface area contributed by atoms with Crippen molar-refractivity contribution >= 4 is 35.0 Å². The highest BCUT2D eigenvalue weighted by molar-refractivity contribution is 6.42. The highest BCUT2D eigenvalue weighted by Crippen LogP contribution is 2.24. The van der Waals surface area contributed by atoms with Gasteiger partial charge >= 0.3 is 0 Å². The van der Waals surface area contributed by atoms with Crippen molar-refractivity contribution in [3.8, 4) is 5.75 Å². The Morgan fingerprint density at radius 1 is 0.943 bits per heavy atom. The lowest BCUT2D eigenvalue weighted by Crippen LogP contribution is -2.52. The Labute approximate surface area is 214 Å². The summed E-state index contributed by atoms with van der Waals surface area (Å²) in [5.41, 5.74) is 1.58. The van der Waals surface area contributed by atoms with Crippen LogP contribution in [0.4, 0.5) is 4.39 Å². The second-order valence-corrected chi connectivity index (χ2v) is 9.17. The maximum Gasteiger partial charge on any atom is 0.261 e. The average molecular weight is 517 g/mol. The third-order valence-electron chi connectivity index (χ3n) is 5.23. The first-order valence-electron chi connectivity index (χ1n) is 11.2. The van der Waals surface area contributed by atoms with E-state index >= 15 is 0 Å². The van der Waals surface area contributed by atoms with Crippen molar-refractivity contribution in [1.29, 1.82) is 0 Å². The molecule has 0 aliphatic rings. The Hall–Kier alpha value is -3.09. The molecule has 3 aromatic rings. The van der Waals surface area contributed by atoms with E-state index in [0.29, 0.717) is 15.6 Å². The number of ether oxygens (including phenoxy) is 1. The molecule has 184 valence electrons. The average Bonchev–Trinajstić information content (AvgIpc) is 2.83. The first-order valence-corrected chi connectivity index (χ1v) is 11.9. The van der Waals surface area contributed by atoms with Crippen molar-refractivity contribution in [2.75, 3.05) is 6.61 Å². The van der Waals surface area contributed by atoms with Gasteiger partial charge in [0.2, 0.25) is 5.91 Å². The molecular weight excluding hydrogens is 490 g/mol. The number of carbonyl (C=O) groups is 2. The minimum Gasteiger partial charge on any atom is -0.481 e. The summed E-state index contributed by atoms with van der Waals surface area (Å²) >= 11 is 12.3. The molecule has 0 unspecified atom stereocenters. The number of hydrogen-bond donors (Lipinski definition) is 1. The van der Waals surface area contributed by atoms with E-state index in [1.807, 2.05) is 44.2 Å². The number of amides is 2. The van der Waals surface area contributed by atoms with Crippen LogP contribution >= 0.6 is 23.2 Å². The number of hydrogen-bond acceptors (Lipinski definition) is 3. The molecule has 5 nitrogen and oxygen atoms in total. The van der Waals surface area contributed by atoms with Crippen molar-refractivity contribution in [3.63, 3.8) is 0 Å². The lowest BCUT2D eigenvalue weighted by atomic mass is 10.0. The molecule has 35 heavy (non-hydrogen) atoms. The van der Waals surface area contributed by atoms with Gasteiger partial charge in [0.05, 0.1) is 10.0 Å². The van der Waals surface area contributed by atoms with Crippen molar-refractivity contribution in [2.24, 2.45) is 0 Å². The summed E-state index contributed by atoms with van der Waals surface area (Å²) in [5.74, 6) is -1.39. The fourth-order valence-corrected chi connectivity index (χ4v) is 3.87. The van der Waals surface area contributed by atoms with Crippen molar-refractivity contribution in [3.05, 3.63) is 99.8 Å². The van der Waals surface area contributed by atoms with Crippen LogP contribution in [0.25, 0.3) is 0 Å². The Morgan fingerprint density at radius 3 is 2.29 bits per heavy atom. The van der Waals surface area contributed by atoms with Crippen molar-refractivity contribution in [2.45, 2.75) is 38.9 Å². The van der Waals surface area contributed by atoms with Gasteiger partial charge in [-0.25, -0.2) is 4.39 Å². The van der Waals surface area contributed by atoms with E-state index in [1.165, 1.54) is 23.1 Å². The smallest absolute Gasteiger partial charge is 0.261 e. The van der Waals surface area contributed by atoms with E-state index in [1.54, 1.807) is 24.3 Å². The number of halogens is 3. The van der Waals surface area contributed by atoms with Gasteiger partial charge in [0.1, 0.15) is 6.04 Å². The summed E-state index contributed by atoms with van der Waals surface area (Å²) in [5, 5.41) is 3.63. The Balaban J connectivity index is 1.93. The van der Waals surface area contributed by atoms with Crippen LogP contribution in [0.1, 0.15) is 25.0 Å². The Kier molecular flexibility index (Phi) is 9.52. The molecule has 0 aliphatic heterocycles. The third-order valence-corrected chi connectivity index (χ3v) is 5.97. The monoisotopic (exact) mass is 516 g/mol. The molecule has 0 radical (unpaired) electrons. The largest absolute Gasteiger partial charge is 0.481 e. The normalized spacial score (nSPS) is 11.7. The first kappa shape index (κ1) is 26.5. The van der Waals surface area contributed by atoms with E-state index in [-0.39, 0.29) is 30.7 Å². The molecule has 2 amide bonds. The predicted molar refractivity (Wildman–Crippen MR) is 136 cm³/mol. The van der Waals surface area contributed by atoms with Crippen LogP contribution in [0.15, 0.2) is 72.8 Å². The van der Waals surface area contributed by atoms with Crippen LogP contribution < -0.4 is 10.1 Å². The van der Waals surface area contributed by atoms with Crippen LogP contribution in [-0.4, -0.2) is 35.4 Å². The van der Waals surface area contributed by atoms with Gasteiger partial charge in [-0.2, -0.15) is 0 Å². The summed E-state index contributed by atoms with van der Waals surface area (Å²) in [6, 6.07) is 19.3. The number of carbonyl (C=O) groups excluding carboxylic acids is 2. The van der Waals surface area contributed by atoms with Crippen LogP contribution in [0.3, 0.4) is 0 Å². The lowest BCUT2D eigenvalue weighted by Gasteiger charge is -2.32. The summed E-state index contributed by atoms with van der Waals surface area (Å²) in [6.45, 7) is 3.34. The predicted octanol–water partition coefficient (Wildman–Crippen LogP) is 5.68. The molecule has 0 aromatic heterocycles. The molecular formula is C27H27Cl2FN2O3. The molecule has 0 aliphatic carbocycles. The molecule has 0 bridgehead atoms. The molecule has 8 heteroatoms. The summed E-state index contributed by atoms with van der Waals surface area (Å²) in [4.78, 5) is 28.2. The number of nitrogens with zero attached hydrogens (tertiary/aromatic N) is 1. The standard InChI is InChI=1S/C27H27Cl2FN2O3/c1-18(2)31-27(34)24(15-19-8-4-3-5-9-19)32(16-20-12-13-21(28)22(29)14-20)26(33)17-35-25-11-7-6-10-23(25)30/h3-14,18,24H,15-17H2,1-2H3,(H,31,34)/t24-/m0/s1. The zero-order chi connectivity index (χ0) is 25.4. The first-order chi connectivity index (χ1) is 16.7. The van der Waals surface area contributed by atoms with Gasteiger partial charge in [0.25, 0.3) is 5.91 Å². The van der Waals surface area contributed by atoms with E-state index in [4.69, 9.17) is 27.9 Å². The van der Waals surface area contributed by atoms with Crippen LogP contribution in [0.2, 0.25) is 10.0 Å². The van der Waals surface area contributed by atoms with Gasteiger partial charge in [0.15, 0.2) is 18.2 Å². The summed E-state index contributed by atoms with van der Waals surface area (Å²) in [6.07, 6.45) is 0.284. The molecule has 0 saturated carbocycles. The van der Waals surface area contributed by atoms with E-state index in [0.717, 1.165) is 5.56 Å². The summed E-state index contributed by atoms with van der Waals surface area (Å²) < 4.78 is 19.5. The molecule has 0 saturated heterocycles. The van der Waals surface area contributed by atoms with Crippen molar-refractivity contribution in [1.82, 2.24) is 10.2 Å². The van der Waals surface area contributed by atoms with Gasteiger partial charge in [-0.15, -0.1) is 0 Å². The van der Waals surface area contributed by atoms with Gasteiger partial charge in [0, 0.05) is 19.0 Å². The quantitative estimate of drug-likeness (QED) is 0.377. The SMILES string of the molecule is CC(C)NC(=O)[C@H](Cc1ccccc1)N(Cc1ccc(Cl)c(Cl)c1)C(=O)COc1ccccc1F. The zero-order valence-electron chi connectivity index (χ0n) is 19.5. The van der Waals surface area contributed by atoms with E-state index in [2.05, 4.69) is 5.32 Å². The van der Waals surface area contributed by atoms with Crippen molar-refractivity contribution < 1.29 is 18.7 Å². The van der Waals surface area contributed by atoms with Crippen LogP contribution in [-0.2, 0) is 22.6 Å². The number of nitrogens with one attached hydrogen (secondary N) is 1. The molecule has 0 heterocycles. The topological polar surface area (TPSA) is 58.6 Å². The second kappa shape index (κ2) is 12.6. The number of para-hydroxylation sites is 1. The number of rotatable bonds is 10. The van der Waals surface area contributed by atoms with Gasteiger partial charge in [-0.3, -0.25) is 9.59 Å². The van der Waals surface area contributed by atoms with E-state index in [9.17, 15) is 14.0 Å². The molecule has 0 fully saturated rings. The number of benzene rings is 3. The van der Waals surface area contributed by atoms with Crippen LogP contribution in [0, 0.1) is 5.82 Å². The lowest BCUT2D eigenvalue weighted by molar-refractivity contribution is -0.143. The molecule has 1 N–H and O–H groups in total. The second-order valence-electron chi connectivity index (χ2n) is 8.36. The maximum absolute atomic E-state index is 14.0. The minimum absolute atomic E-state index is 0.0402. The van der Waals surface area contributed by atoms with Crippen LogP contribution in [0.5, 0.6) is 5.75 Å². The van der Waals surface area contributed by atoms with E-state index < -0.39 is 24.4 Å².